The lowest BCUT2D eigenvalue weighted by atomic mass is 10.0. The average Bonchev–Trinajstić information content (AvgIpc) is 3.07. The van der Waals surface area contributed by atoms with Crippen molar-refractivity contribution in [1.29, 1.82) is 0 Å². The molecule has 0 unspecified atom stereocenters. The molecule has 26 heavy (non-hydrogen) atoms. The molecule has 2 aromatic heterocycles. The first-order chi connectivity index (χ1) is 12.8. The second-order valence-electron chi connectivity index (χ2n) is 6.06. The highest BCUT2D eigenvalue weighted by Gasteiger charge is 2.16. The molecule has 0 amide bonds. The molecule has 3 aromatic carbocycles. The summed E-state index contributed by atoms with van der Waals surface area (Å²) in [7, 11) is 0. The van der Waals surface area contributed by atoms with E-state index in [-0.39, 0.29) is 0 Å². The Morgan fingerprint density at radius 3 is 2.31 bits per heavy atom. The molecule has 0 fully saturated rings. The Kier molecular flexibility index (Phi) is 3.71. The summed E-state index contributed by atoms with van der Waals surface area (Å²) in [5.74, 6) is 0. The molecule has 0 saturated heterocycles. The molecule has 0 saturated carbocycles. The highest BCUT2D eigenvalue weighted by Crippen LogP contribution is 2.35. The maximum atomic E-state index is 6.11. The van der Waals surface area contributed by atoms with Crippen LogP contribution in [0.25, 0.3) is 44.5 Å². The molecule has 0 aliphatic heterocycles. The summed E-state index contributed by atoms with van der Waals surface area (Å²) in [4.78, 5) is 9.30. The van der Waals surface area contributed by atoms with Crippen molar-refractivity contribution in [2.75, 3.05) is 0 Å². The zero-order valence-electron chi connectivity index (χ0n) is 13.7. The van der Waals surface area contributed by atoms with Crippen LogP contribution in [0.3, 0.4) is 0 Å². The average molecular weight is 448 g/mol. The lowest BCUT2D eigenvalue weighted by Crippen LogP contribution is -1.92. The number of furan rings is 1. The first-order valence-electron chi connectivity index (χ1n) is 8.30. The van der Waals surface area contributed by atoms with E-state index in [1.807, 2.05) is 42.5 Å². The van der Waals surface area contributed by atoms with E-state index in [9.17, 15) is 0 Å². The third-order valence-corrected chi connectivity index (χ3v) is 4.92. The van der Waals surface area contributed by atoms with Crippen molar-refractivity contribution in [2.45, 2.75) is 0 Å². The van der Waals surface area contributed by atoms with E-state index < -0.39 is 0 Å². The van der Waals surface area contributed by atoms with Gasteiger partial charge in [-0.25, -0.2) is 9.97 Å². The van der Waals surface area contributed by atoms with Gasteiger partial charge in [-0.2, -0.15) is 0 Å². The summed E-state index contributed by atoms with van der Waals surface area (Å²) in [5, 5.41) is 1.02. The molecule has 0 atom stereocenters. The lowest BCUT2D eigenvalue weighted by Gasteiger charge is -2.06. The van der Waals surface area contributed by atoms with Crippen molar-refractivity contribution in [3.05, 3.63) is 82.7 Å². The van der Waals surface area contributed by atoms with Gasteiger partial charge in [-0.05, 0) is 29.3 Å². The fourth-order valence-corrected chi connectivity index (χ4v) is 3.72. The minimum Gasteiger partial charge on any atom is -0.452 e. The highest BCUT2D eigenvalue weighted by atomic mass is 127. The van der Waals surface area contributed by atoms with Crippen molar-refractivity contribution in [3.8, 4) is 22.4 Å². The monoisotopic (exact) mass is 448 g/mol. The van der Waals surface area contributed by atoms with Gasteiger partial charge >= 0.3 is 0 Å². The fourth-order valence-electron chi connectivity index (χ4n) is 3.24. The zero-order chi connectivity index (χ0) is 17.5. The van der Waals surface area contributed by atoms with Crippen LogP contribution in [0.15, 0.2) is 83.3 Å². The van der Waals surface area contributed by atoms with Crippen LogP contribution >= 0.6 is 22.6 Å². The number of nitrogens with zero attached hydrogens (tertiary/aromatic N) is 2. The molecule has 0 bridgehead atoms. The Bertz CT molecular complexity index is 1250. The molecular weight excluding hydrogens is 435 g/mol. The van der Waals surface area contributed by atoms with Gasteiger partial charge in [0.2, 0.25) is 0 Å². The van der Waals surface area contributed by atoms with Gasteiger partial charge in [-0.1, -0.05) is 60.7 Å². The Balaban J connectivity index is 1.77. The van der Waals surface area contributed by atoms with Crippen molar-refractivity contribution in [3.63, 3.8) is 0 Å². The predicted octanol–water partition coefficient (Wildman–Crippen LogP) is 6.31. The topological polar surface area (TPSA) is 38.9 Å². The summed E-state index contributed by atoms with van der Waals surface area (Å²) >= 11 is 2.17. The van der Waals surface area contributed by atoms with E-state index in [0.29, 0.717) is 3.83 Å². The quantitative estimate of drug-likeness (QED) is 0.235. The van der Waals surface area contributed by atoms with Gasteiger partial charge in [0.05, 0.1) is 0 Å². The van der Waals surface area contributed by atoms with Gasteiger partial charge in [0.25, 0.3) is 0 Å². The molecule has 0 N–H and O–H groups in total. The van der Waals surface area contributed by atoms with Gasteiger partial charge in [0, 0.05) is 33.5 Å². The highest BCUT2D eigenvalue weighted by molar-refractivity contribution is 14.1. The Morgan fingerprint density at radius 2 is 1.42 bits per heavy atom. The molecule has 0 spiro atoms. The van der Waals surface area contributed by atoms with E-state index in [1.165, 1.54) is 5.56 Å². The minimum absolute atomic E-state index is 0.710. The van der Waals surface area contributed by atoms with Crippen molar-refractivity contribution < 1.29 is 4.42 Å². The molecule has 0 aliphatic carbocycles. The number of fused-ring (bicyclic) bond motifs is 3. The van der Waals surface area contributed by atoms with Crippen LogP contribution in [0.5, 0.6) is 0 Å². The van der Waals surface area contributed by atoms with Gasteiger partial charge in [0.1, 0.15) is 16.8 Å². The van der Waals surface area contributed by atoms with Crippen LogP contribution in [-0.2, 0) is 0 Å². The third-order valence-electron chi connectivity index (χ3n) is 4.44. The van der Waals surface area contributed by atoms with Crippen LogP contribution < -0.4 is 0 Å². The number of rotatable bonds is 2. The predicted molar refractivity (Wildman–Crippen MR) is 113 cm³/mol. The lowest BCUT2D eigenvalue weighted by molar-refractivity contribution is 0.666. The second kappa shape index (κ2) is 6.21. The smallest absolute Gasteiger partial charge is 0.192 e. The molecule has 124 valence electrons. The number of benzene rings is 3. The molecule has 5 rings (SSSR count). The number of hydrogen-bond donors (Lipinski definition) is 0. The van der Waals surface area contributed by atoms with Crippen molar-refractivity contribution in [2.24, 2.45) is 0 Å². The van der Waals surface area contributed by atoms with E-state index in [2.05, 4.69) is 69.0 Å². The van der Waals surface area contributed by atoms with Crippen molar-refractivity contribution in [1.82, 2.24) is 9.97 Å². The molecule has 5 aromatic rings. The van der Waals surface area contributed by atoms with Crippen LogP contribution in [0.1, 0.15) is 0 Å². The van der Waals surface area contributed by atoms with Crippen molar-refractivity contribution >= 4 is 44.7 Å². The van der Waals surface area contributed by atoms with E-state index >= 15 is 0 Å². The van der Waals surface area contributed by atoms with E-state index in [1.54, 1.807) is 0 Å². The fraction of sp³-hybridized carbons (Fsp3) is 0. The maximum absolute atomic E-state index is 6.11. The molecule has 2 heterocycles. The van der Waals surface area contributed by atoms with Gasteiger partial charge in [-0.15, -0.1) is 0 Å². The van der Waals surface area contributed by atoms with Crippen LogP contribution in [0, 0.1) is 3.83 Å². The van der Waals surface area contributed by atoms with Crippen LogP contribution in [-0.4, -0.2) is 9.97 Å². The summed E-state index contributed by atoms with van der Waals surface area (Å²) in [5.41, 5.74) is 6.61. The van der Waals surface area contributed by atoms with Gasteiger partial charge in [0.15, 0.2) is 9.41 Å². The standard InChI is InChI=1S/C22H13IN2O/c23-22-24-19(21-20(25-22)17-11-4-5-12-18(17)26-21)16-10-6-9-15(13-16)14-7-2-1-3-8-14/h1-13H. The second-order valence-corrected chi connectivity index (χ2v) is 7.03. The number of hydrogen-bond acceptors (Lipinski definition) is 3. The zero-order valence-corrected chi connectivity index (χ0v) is 15.8. The minimum atomic E-state index is 0.710. The normalized spacial score (nSPS) is 11.3. The Labute approximate surface area is 163 Å². The van der Waals surface area contributed by atoms with Crippen LogP contribution in [0.2, 0.25) is 0 Å². The molecular formula is C22H13IN2O. The molecule has 0 aliphatic rings. The third kappa shape index (κ3) is 2.57. The molecule has 0 radical (unpaired) electrons. The SMILES string of the molecule is Ic1nc(-c2cccc(-c3ccccc3)c2)c2oc3ccccc3c2n1. The van der Waals surface area contributed by atoms with E-state index in [0.717, 1.165) is 38.9 Å². The van der Waals surface area contributed by atoms with E-state index in [4.69, 9.17) is 4.42 Å². The molecule has 4 heteroatoms. The number of para-hydroxylation sites is 1. The number of aromatic nitrogens is 2. The summed E-state index contributed by atoms with van der Waals surface area (Å²) < 4.78 is 6.82. The first-order valence-corrected chi connectivity index (χ1v) is 9.38. The Morgan fingerprint density at radius 1 is 0.692 bits per heavy atom. The summed E-state index contributed by atoms with van der Waals surface area (Å²) in [6.07, 6.45) is 0. The maximum Gasteiger partial charge on any atom is 0.192 e. The number of halogens is 1. The largest absolute Gasteiger partial charge is 0.452 e. The molecule has 3 nitrogen and oxygen atoms in total. The van der Waals surface area contributed by atoms with Gasteiger partial charge in [-0.3, -0.25) is 0 Å². The van der Waals surface area contributed by atoms with Gasteiger partial charge < -0.3 is 4.42 Å². The Hall–Kier alpha value is -2.73. The van der Waals surface area contributed by atoms with Crippen LogP contribution in [0.4, 0.5) is 0 Å². The summed E-state index contributed by atoms with van der Waals surface area (Å²) in [6, 6.07) is 26.7. The first kappa shape index (κ1) is 15.5. The summed E-state index contributed by atoms with van der Waals surface area (Å²) in [6.45, 7) is 0.